The first kappa shape index (κ1) is 13.1. The van der Waals surface area contributed by atoms with Crippen LogP contribution < -0.4 is 4.90 Å². The molecule has 0 saturated heterocycles. The molecule has 0 aliphatic heterocycles. The predicted octanol–water partition coefficient (Wildman–Crippen LogP) is 4.22. The number of para-hydroxylation sites is 1. The van der Waals surface area contributed by atoms with Crippen molar-refractivity contribution in [2.75, 3.05) is 11.9 Å². The maximum Gasteiger partial charge on any atom is 0.0405 e. The van der Waals surface area contributed by atoms with E-state index in [-0.39, 0.29) is 11.0 Å². The molecule has 1 nitrogen and oxygen atoms in total. The summed E-state index contributed by atoms with van der Waals surface area (Å²) in [7, 11) is 2.17. The Hall–Kier alpha value is -0.980. The van der Waals surface area contributed by atoms with E-state index in [9.17, 15) is 0 Å². The summed E-state index contributed by atoms with van der Waals surface area (Å²) in [5, 5.41) is 0. The zero-order valence-corrected chi connectivity index (χ0v) is 11.8. The molecule has 90 valence electrons. The van der Waals surface area contributed by atoms with E-state index < -0.39 is 0 Å². The Morgan fingerprint density at radius 1 is 0.875 bits per heavy atom. The Bertz CT molecular complexity index is 352. The van der Waals surface area contributed by atoms with E-state index in [0.29, 0.717) is 0 Å². The summed E-state index contributed by atoms with van der Waals surface area (Å²) in [5.41, 5.74) is 3.09. The van der Waals surface area contributed by atoms with Gasteiger partial charge in [0.2, 0.25) is 0 Å². The fourth-order valence-corrected chi connectivity index (χ4v) is 1.76. The maximum atomic E-state index is 2.35. The van der Waals surface area contributed by atoms with Gasteiger partial charge in [0.05, 0.1) is 0 Å². The van der Waals surface area contributed by atoms with Crippen LogP contribution >= 0.6 is 0 Å². The molecule has 0 aliphatic rings. The molecule has 0 spiro atoms. The highest BCUT2D eigenvalue weighted by molar-refractivity contribution is 5.57. The standard InChI is InChI=1S/C15H25N/c1-14(2,3)12-10-8-9-11-13(12)16(7)15(4,5)6/h8-11H,1-7H3. The number of anilines is 1. The van der Waals surface area contributed by atoms with Gasteiger partial charge in [-0.2, -0.15) is 0 Å². The molecule has 0 heterocycles. The van der Waals surface area contributed by atoms with E-state index in [2.05, 4.69) is 77.8 Å². The highest BCUT2D eigenvalue weighted by Gasteiger charge is 2.24. The van der Waals surface area contributed by atoms with Crippen molar-refractivity contribution < 1.29 is 0 Å². The Balaban J connectivity index is 3.25. The van der Waals surface area contributed by atoms with Crippen LogP contribution in [0.5, 0.6) is 0 Å². The van der Waals surface area contributed by atoms with E-state index in [4.69, 9.17) is 0 Å². The molecule has 1 rings (SSSR count). The lowest BCUT2D eigenvalue weighted by Gasteiger charge is -2.37. The number of benzene rings is 1. The summed E-state index contributed by atoms with van der Waals surface area (Å²) in [6.45, 7) is 13.5. The van der Waals surface area contributed by atoms with Gasteiger partial charge >= 0.3 is 0 Å². The van der Waals surface area contributed by atoms with Gasteiger partial charge in [-0.25, -0.2) is 0 Å². The van der Waals surface area contributed by atoms with Crippen molar-refractivity contribution in [3.8, 4) is 0 Å². The second-order valence-electron chi connectivity index (χ2n) is 6.50. The van der Waals surface area contributed by atoms with Crippen molar-refractivity contribution in [3.05, 3.63) is 29.8 Å². The lowest BCUT2D eigenvalue weighted by Crippen LogP contribution is -2.39. The molecule has 0 saturated carbocycles. The van der Waals surface area contributed by atoms with E-state index in [1.165, 1.54) is 11.3 Å². The summed E-state index contributed by atoms with van der Waals surface area (Å²) in [5.74, 6) is 0. The van der Waals surface area contributed by atoms with E-state index >= 15 is 0 Å². The Labute approximate surface area is 100 Å². The van der Waals surface area contributed by atoms with Crippen molar-refractivity contribution in [1.82, 2.24) is 0 Å². The smallest absolute Gasteiger partial charge is 0.0405 e. The molecule has 0 aromatic heterocycles. The van der Waals surface area contributed by atoms with Crippen molar-refractivity contribution in [2.45, 2.75) is 52.5 Å². The van der Waals surface area contributed by atoms with Crippen LogP contribution in [0.3, 0.4) is 0 Å². The normalized spacial score (nSPS) is 12.7. The third kappa shape index (κ3) is 2.78. The van der Waals surface area contributed by atoms with Gasteiger partial charge in [0, 0.05) is 18.3 Å². The summed E-state index contributed by atoms with van der Waals surface area (Å²) >= 11 is 0. The molecule has 0 fully saturated rings. The zero-order valence-electron chi connectivity index (χ0n) is 11.8. The van der Waals surface area contributed by atoms with Crippen LogP contribution in [0, 0.1) is 0 Å². The number of rotatable bonds is 1. The van der Waals surface area contributed by atoms with Gasteiger partial charge in [-0.15, -0.1) is 0 Å². The Kier molecular flexibility index (Phi) is 3.37. The molecular weight excluding hydrogens is 194 g/mol. The molecule has 0 aliphatic carbocycles. The van der Waals surface area contributed by atoms with Crippen molar-refractivity contribution in [2.24, 2.45) is 0 Å². The van der Waals surface area contributed by atoms with Crippen LogP contribution in [-0.2, 0) is 5.41 Å². The average Bonchev–Trinajstić information content (AvgIpc) is 2.14. The first-order valence-corrected chi connectivity index (χ1v) is 5.97. The minimum absolute atomic E-state index is 0.154. The summed E-state index contributed by atoms with van der Waals surface area (Å²) in [6, 6.07) is 8.69. The van der Waals surface area contributed by atoms with E-state index in [1.807, 2.05) is 0 Å². The molecule has 1 aromatic rings. The lowest BCUT2D eigenvalue weighted by atomic mass is 9.85. The number of hydrogen-bond acceptors (Lipinski definition) is 1. The average molecular weight is 219 g/mol. The molecule has 0 amide bonds. The molecule has 1 heteroatoms. The van der Waals surface area contributed by atoms with Crippen molar-refractivity contribution >= 4 is 5.69 Å². The third-order valence-electron chi connectivity index (χ3n) is 3.08. The van der Waals surface area contributed by atoms with E-state index in [1.54, 1.807) is 0 Å². The van der Waals surface area contributed by atoms with E-state index in [0.717, 1.165) is 0 Å². The topological polar surface area (TPSA) is 3.24 Å². The first-order chi connectivity index (χ1) is 7.14. The van der Waals surface area contributed by atoms with Crippen molar-refractivity contribution in [3.63, 3.8) is 0 Å². The number of hydrogen-bond donors (Lipinski definition) is 0. The van der Waals surface area contributed by atoms with Crippen LogP contribution in [-0.4, -0.2) is 12.6 Å². The van der Waals surface area contributed by atoms with Gasteiger partial charge in [-0.05, 0) is 37.8 Å². The molecule has 0 atom stereocenters. The Morgan fingerprint density at radius 3 is 1.81 bits per heavy atom. The second kappa shape index (κ2) is 4.12. The molecular formula is C15H25N. The molecule has 1 aromatic carbocycles. The fourth-order valence-electron chi connectivity index (χ4n) is 1.76. The lowest BCUT2D eigenvalue weighted by molar-refractivity contribution is 0.525. The highest BCUT2D eigenvalue weighted by Crippen LogP contribution is 2.33. The molecule has 0 unspecified atom stereocenters. The van der Waals surface area contributed by atoms with Gasteiger partial charge < -0.3 is 4.90 Å². The van der Waals surface area contributed by atoms with Crippen molar-refractivity contribution in [1.29, 1.82) is 0 Å². The fraction of sp³-hybridized carbons (Fsp3) is 0.600. The minimum atomic E-state index is 0.154. The molecule has 0 N–H and O–H groups in total. The highest BCUT2D eigenvalue weighted by atomic mass is 15.2. The van der Waals surface area contributed by atoms with Gasteiger partial charge in [0.15, 0.2) is 0 Å². The van der Waals surface area contributed by atoms with Crippen LogP contribution in [0.1, 0.15) is 47.1 Å². The minimum Gasteiger partial charge on any atom is -0.370 e. The first-order valence-electron chi connectivity index (χ1n) is 5.97. The summed E-state index contributed by atoms with van der Waals surface area (Å²) in [6.07, 6.45) is 0. The number of nitrogens with zero attached hydrogens (tertiary/aromatic N) is 1. The molecule has 0 bridgehead atoms. The quantitative estimate of drug-likeness (QED) is 0.683. The van der Waals surface area contributed by atoms with Gasteiger partial charge in [-0.1, -0.05) is 39.0 Å². The van der Waals surface area contributed by atoms with Gasteiger partial charge in [0.25, 0.3) is 0 Å². The molecule has 16 heavy (non-hydrogen) atoms. The van der Waals surface area contributed by atoms with Crippen LogP contribution in [0.15, 0.2) is 24.3 Å². The maximum absolute atomic E-state index is 2.35. The van der Waals surface area contributed by atoms with Gasteiger partial charge in [0.1, 0.15) is 0 Å². The summed E-state index contributed by atoms with van der Waals surface area (Å²) < 4.78 is 0. The Morgan fingerprint density at radius 2 is 1.38 bits per heavy atom. The van der Waals surface area contributed by atoms with Crippen LogP contribution in [0.4, 0.5) is 5.69 Å². The second-order valence-corrected chi connectivity index (χ2v) is 6.50. The third-order valence-corrected chi connectivity index (χ3v) is 3.08. The zero-order chi connectivity index (χ0) is 12.6. The predicted molar refractivity (Wildman–Crippen MR) is 73.3 cm³/mol. The summed E-state index contributed by atoms with van der Waals surface area (Å²) in [4.78, 5) is 2.35. The van der Waals surface area contributed by atoms with Crippen LogP contribution in [0.25, 0.3) is 0 Å². The molecule has 0 radical (unpaired) electrons. The largest absolute Gasteiger partial charge is 0.370 e. The SMILES string of the molecule is CN(c1ccccc1C(C)(C)C)C(C)(C)C. The monoisotopic (exact) mass is 219 g/mol. The van der Waals surface area contributed by atoms with Gasteiger partial charge in [-0.3, -0.25) is 0 Å². The van der Waals surface area contributed by atoms with Crippen LogP contribution in [0.2, 0.25) is 0 Å².